The zero-order valence-corrected chi connectivity index (χ0v) is 16.5. The van der Waals surface area contributed by atoms with E-state index in [1.807, 2.05) is 41.3 Å². The number of fused-ring (bicyclic) bond motifs is 2. The average Bonchev–Trinajstić information content (AvgIpc) is 2.90. The van der Waals surface area contributed by atoms with Gasteiger partial charge in [0.2, 0.25) is 0 Å². The second-order valence-corrected chi connectivity index (χ2v) is 7.04. The van der Waals surface area contributed by atoms with Crippen molar-refractivity contribution in [1.82, 2.24) is 4.90 Å². The van der Waals surface area contributed by atoms with Gasteiger partial charge in [0.1, 0.15) is 0 Å². The van der Waals surface area contributed by atoms with Gasteiger partial charge < -0.3 is 14.4 Å². The minimum Gasteiger partial charge on any atom is -0.450 e. The fourth-order valence-electron chi connectivity index (χ4n) is 3.79. The molecule has 4 rings (SSSR count). The Labute approximate surface area is 170 Å². The van der Waals surface area contributed by atoms with E-state index in [0.29, 0.717) is 38.6 Å². The van der Waals surface area contributed by atoms with Crippen LogP contribution in [0.1, 0.15) is 18.1 Å². The highest BCUT2D eigenvalue weighted by Crippen LogP contribution is 2.38. The summed E-state index contributed by atoms with van der Waals surface area (Å²) < 4.78 is 10.4. The monoisotopic (exact) mass is 395 g/mol. The van der Waals surface area contributed by atoms with E-state index in [0.717, 1.165) is 35.3 Å². The van der Waals surface area contributed by atoms with E-state index in [9.17, 15) is 9.59 Å². The zero-order valence-electron chi connectivity index (χ0n) is 16.5. The molecule has 2 aliphatic rings. The molecule has 0 bridgehead atoms. The summed E-state index contributed by atoms with van der Waals surface area (Å²) in [7, 11) is 0. The number of benzene rings is 2. The Hall–Kier alpha value is -3.06. The number of morpholine rings is 1. The molecule has 1 fully saturated rings. The molecule has 29 heavy (non-hydrogen) atoms. The Balaban J connectivity index is 1.75. The number of anilines is 3. The van der Waals surface area contributed by atoms with Gasteiger partial charge in [-0.2, -0.15) is 0 Å². The third kappa shape index (κ3) is 4.05. The van der Waals surface area contributed by atoms with Gasteiger partial charge in [0.15, 0.2) is 0 Å². The van der Waals surface area contributed by atoms with Crippen molar-refractivity contribution in [3.8, 4) is 0 Å². The summed E-state index contributed by atoms with van der Waals surface area (Å²) in [6.45, 7) is 4.26. The summed E-state index contributed by atoms with van der Waals surface area (Å²) in [5.41, 5.74) is 4.47. The van der Waals surface area contributed by atoms with Crippen LogP contribution in [0.3, 0.4) is 0 Å². The molecule has 0 atom stereocenters. The van der Waals surface area contributed by atoms with Crippen LogP contribution in [0.4, 0.5) is 26.7 Å². The van der Waals surface area contributed by atoms with Gasteiger partial charge in [-0.15, -0.1) is 0 Å². The van der Waals surface area contributed by atoms with Crippen molar-refractivity contribution in [3.63, 3.8) is 0 Å². The van der Waals surface area contributed by atoms with Crippen molar-refractivity contribution in [1.29, 1.82) is 0 Å². The van der Waals surface area contributed by atoms with Crippen LogP contribution in [0.2, 0.25) is 0 Å². The zero-order chi connectivity index (χ0) is 20.2. The number of hydrogen-bond acceptors (Lipinski definition) is 4. The Kier molecular flexibility index (Phi) is 5.67. The largest absolute Gasteiger partial charge is 0.450 e. The Bertz CT molecular complexity index is 909. The number of carbonyl (C=O) groups is 2. The van der Waals surface area contributed by atoms with Gasteiger partial charge in [0.05, 0.1) is 31.2 Å². The first-order chi connectivity index (χ1) is 14.2. The van der Waals surface area contributed by atoms with E-state index in [-0.39, 0.29) is 6.03 Å². The fraction of sp³-hybridized carbons (Fsp3) is 0.364. The van der Waals surface area contributed by atoms with Gasteiger partial charge in [0.25, 0.3) is 0 Å². The van der Waals surface area contributed by atoms with Gasteiger partial charge in [-0.05, 0) is 49.1 Å². The third-order valence-electron chi connectivity index (χ3n) is 5.22. The van der Waals surface area contributed by atoms with E-state index in [1.165, 1.54) is 0 Å². The number of ether oxygens (including phenoxy) is 2. The number of urea groups is 1. The molecule has 1 saturated heterocycles. The average molecular weight is 395 g/mol. The molecule has 0 radical (unpaired) electrons. The standard InChI is InChI=1S/C22H25N3O4/c1-2-29-21(26)23-18-10-9-17-8-7-16-5-3-4-6-19(16)25(20(17)15-18)22(27)24-11-13-28-14-12-24/h3-6,9-10,15H,2,7-8,11-14H2,1H3,(H,23,26). The summed E-state index contributed by atoms with van der Waals surface area (Å²) in [5, 5.41) is 2.74. The second-order valence-electron chi connectivity index (χ2n) is 7.04. The molecule has 7 heteroatoms. The molecule has 2 aromatic carbocycles. The van der Waals surface area contributed by atoms with Crippen LogP contribution in [0.15, 0.2) is 42.5 Å². The van der Waals surface area contributed by atoms with Crippen molar-refractivity contribution in [2.24, 2.45) is 0 Å². The number of nitrogens with one attached hydrogen (secondary N) is 1. The summed E-state index contributed by atoms with van der Waals surface area (Å²) in [6.07, 6.45) is 1.16. The molecule has 1 N–H and O–H groups in total. The van der Waals surface area contributed by atoms with Gasteiger partial charge in [-0.1, -0.05) is 24.3 Å². The first-order valence-electron chi connectivity index (χ1n) is 9.98. The molecular formula is C22H25N3O4. The van der Waals surface area contributed by atoms with Crippen LogP contribution in [0.25, 0.3) is 0 Å². The highest BCUT2D eigenvalue weighted by atomic mass is 16.5. The summed E-state index contributed by atoms with van der Waals surface area (Å²) in [6, 6.07) is 13.6. The first kappa shape index (κ1) is 19.3. The number of amides is 3. The number of carbonyl (C=O) groups excluding carboxylic acids is 2. The van der Waals surface area contributed by atoms with E-state index in [2.05, 4.69) is 11.4 Å². The number of nitrogens with zero attached hydrogens (tertiary/aromatic N) is 2. The van der Waals surface area contributed by atoms with Gasteiger partial charge in [-0.3, -0.25) is 10.2 Å². The van der Waals surface area contributed by atoms with E-state index < -0.39 is 6.09 Å². The van der Waals surface area contributed by atoms with Gasteiger partial charge in [-0.25, -0.2) is 9.59 Å². The lowest BCUT2D eigenvalue weighted by Gasteiger charge is -2.34. The van der Waals surface area contributed by atoms with Crippen molar-refractivity contribution in [3.05, 3.63) is 53.6 Å². The second kappa shape index (κ2) is 8.53. The smallest absolute Gasteiger partial charge is 0.411 e. The van der Waals surface area contributed by atoms with Crippen LogP contribution < -0.4 is 10.2 Å². The van der Waals surface area contributed by atoms with Crippen molar-refractivity contribution in [2.45, 2.75) is 19.8 Å². The highest BCUT2D eigenvalue weighted by Gasteiger charge is 2.30. The number of hydrogen-bond donors (Lipinski definition) is 1. The Morgan fingerprint density at radius 2 is 1.76 bits per heavy atom. The molecule has 3 amide bonds. The maximum absolute atomic E-state index is 13.6. The van der Waals surface area contributed by atoms with E-state index in [1.54, 1.807) is 11.8 Å². The quantitative estimate of drug-likeness (QED) is 0.836. The molecule has 0 unspecified atom stereocenters. The maximum atomic E-state index is 13.6. The number of aryl methyl sites for hydroxylation is 2. The lowest BCUT2D eigenvalue weighted by molar-refractivity contribution is 0.0554. The van der Waals surface area contributed by atoms with Crippen molar-refractivity contribution < 1.29 is 19.1 Å². The molecule has 0 spiro atoms. The van der Waals surface area contributed by atoms with Crippen molar-refractivity contribution in [2.75, 3.05) is 43.1 Å². The van der Waals surface area contributed by atoms with Crippen LogP contribution in [-0.4, -0.2) is 49.9 Å². The lowest BCUT2D eigenvalue weighted by atomic mass is 10.0. The molecule has 0 aromatic heterocycles. The SMILES string of the molecule is CCOC(=O)Nc1ccc2c(c1)N(C(=O)N1CCOCC1)c1ccccc1CC2. The van der Waals surface area contributed by atoms with Gasteiger partial charge >= 0.3 is 12.1 Å². The molecule has 7 nitrogen and oxygen atoms in total. The fourth-order valence-corrected chi connectivity index (χ4v) is 3.79. The third-order valence-corrected chi connectivity index (χ3v) is 5.22. The molecule has 152 valence electrons. The van der Waals surface area contributed by atoms with Crippen LogP contribution in [0.5, 0.6) is 0 Å². The number of rotatable bonds is 2. The molecule has 2 aliphatic heterocycles. The predicted molar refractivity (Wildman–Crippen MR) is 111 cm³/mol. The minimum atomic E-state index is -0.507. The van der Waals surface area contributed by atoms with Crippen LogP contribution in [0, 0.1) is 0 Å². The summed E-state index contributed by atoms with van der Waals surface area (Å²) in [4.78, 5) is 29.0. The van der Waals surface area contributed by atoms with Crippen LogP contribution >= 0.6 is 0 Å². The van der Waals surface area contributed by atoms with Crippen molar-refractivity contribution >= 4 is 29.2 Å². The summed E-state index contributed by atoms with van der Waals surface area (Å²) >= 11 is 0. The molecule has 0 saturated carbocycles. The highest BCUT2D eigenvalue weighted by molar-refractivity contribution is 6.02. The topological polar surface area (TPSA) is 71.1 Å². The lowest BCUT2D eigenvalue weighted by Crippen LogP contribution is -2.47. The Morgan fingerprint density at radius 1 is 1.03 bits per heavy atom. The van der Waals surface area contributed by atoms with Crippen LogP contribution in [-0.2, 0) is 22.3 Å². The maximum Gasteiger partial charge on any atom is 0.411 e. The molecule has 2 aromatic rings. The Morgan fingerprint density at radius 3 is 2.52 bits per heavy atom. The normalized spacial score (nSPS) is 15.8. The van der Waals surface area contributed by atoms with Gasteiger partial charge in [0, 0.05) is 18.8 Å². The first-order valence-corrected chi connectivity index (χ1v) is 9.98. The summed E-state index contributed by atoms with van der Waals surface area (Å²) in [5.74, 6) is 0. The molecular weight excluding hydrogens is 370 g/mol. The molecule has 0 aliphatic carbocycles. The minimum absolute atomic E-state index is 0.0721. The predicted octanol–water partition coefficient (Wildman–Crippen LogP) is 3.94. The molecule has 2 heterocycles. The van der Waals surface area contributed by atoms with E-state index in [4.69, 9.17) is 9.47 Å². The van der Waals surface area contributed by atoms with E-state index >= 15 is 0 Å². The number of para-hydroxylation sites is 1.